The fraction of sp³-hybridized carbons (Fsp3) is 0.312. The minimum Gasteiger partial charge on any atom is -0.327 e. The molecule has 0 aliphatic heterocycles. The largest absolute Gasteiger partial charge is 0.327 e. The third kappa shape index (κ3) is 4.77. The van der Waals surface area contributed by atoms with E-state index in [4.69, 9.17) is 11.6 Å². The zero-order valence-corrected chi connectivity index (χ0v) is 14.5. The van der Waals surface area contributed by atoms with Crippen LogP contribution in [-0.4, -0.2) is 34.3 Å². The molecule has 0 saturated heterocycles. The first-order valence-corrected chi connectivity index (χ1v) is 8.53. The molecule has 23 heavy (non-hydrogen) atoms. The molecule has 5 nitrogen and oxygen atoms in total. The smallest absolute Gasteiger partial charge is 0.254 e. The summed E-state index contributed by atoms with van der Waals surface area (Å²) in [5, 5.41) is 5.49. The summed E-state index contributed by atoms with van der Waals surface area (Å²) in [7, 11) is 0. The summed E-state index contributed by atoms with van der Waals surface area (Å²) in [6.07, 6.45) is 2.36. The molecule has 1 unspecified atom stereocenters. The van der Waals surface area contributed by atoms with Crippen molar-refractivity contribution >= 4 is 39.9 Å². The van der Waals surface area contributed by atoms with Crippen LogP contribution in [0, 0.1) is 0 Å². The molecule has 0 bridgehead atoms. The van der Waals surface area contributed by atoms with Gasteiger partial charge in [0.15, 0.2) is 5.13 Å². The van der Waals surface area contributed by atoms with E-state index in [9.17, 15) is 9.59 Å². The van der Waals surface area contributed by atoms with Crippen LogP contribution in [0.1, 0.15) is 30.6 Å². The van der Waals surface area contributed by atoms with Gasteiger partial charge < -0.3 is 10.2 Å². The molecule has 0 spiro atoms. The predicted molar refractivity (Wildman–Crippen MR) is 93.0 cm³/mol. The average molecular weight is 352 g/mol. The number of nitrogens with one attached hydrogen (secondary N) is 1. The van der Waals surface area contributed by atoms with E-state index in [1.165, 1.54) is 11.3 Å². The average Bonchev–Trinajstić information content (AvgIpc) is 3.04. The summed E-state index contributed by atoms with van der Waals surface area (Å²) in [4.78, 5) is 30.4. The lowest BCUT2D eigenvalue weighted by atomic mass is 10.1. The van der Waals surface area contributed by atoms with Crippen LogP contribution in [0.2, 0.25) is 5.02 Å². The quantitative estimate of drug-likeness (QED) is 0.863. The summed E-state index contributed by atoms with van der Waals surface area (Å²) >= 11 is 7.29. The maximum absolute atomic E-state index is 12.7. The van der Waals surface area contributed by atoms with E-state index in [0.29, 0.717) is 15.7 Å². The lowest BCUT2D eigenvalue weighted by Gasteiger charge is -2.28. The molecule has 0 aliphatic carbocycles. The molecule has 1 aromatic heterocycles. The fourth-order valence-corrected chi connectivity index (χ4v) is 2.77. The molecular formula is C16H18ClN3O2S. The summed E-state index contributed by atoms with van der Waals surface area (Å²) < 4.78 is 0. The zero-order chi connectivity index (χ0) is 16.8. The Bertz CT molecular complexity index is 676. The number of halogens is 1. The number of hydrogen-bond donors (Lipinski definition) is 1. The van der Waals surface area contributed by atoms with Gasteiger partial charge in [0.25, 0.3) is 5.91 Å². The Morgan fingerprint density at radius 3 is 2.83 bits per heavy atom. The number of hydrogen-bond acceptors (Lipinski definition) is 4. The zero-order valence-electron chi connectivity index (χ0n) is 13.0. The molecule has 7 heteroatoms. The van der Waals surface area contributed by atoms with Crippen LogP contribution in [0.4, 0.5) is 5.13 Å². The lowest BCUT2D eigenvalue weighted by Crippen LogP contribution is -2.43. The Morgan fingerprint density at radius 1 is 1.43 bits per heavy atom. The highest BCUT2D eigenvalue weighted by Gasteiger charge is 2.23. The third-order valence-electron chi connectivity index (χ3n) is 3.45. The van der Waals surface area contributed by atoms with Gasteiger partial charge in [-0.2, -0.15) is 0 Å². The van der Waals surface area contributed by atoms with Gasteiger partial charge in [0.2, 0.25) is 5.91 Å². The van der Waals surface area contributed by atoms with Gasteiger partial charge in [0.05, 0.1) is 0 Å². The highest BCUT2D eigenvalue weighted by molar-refractivity contribution is 7.13. The normalized spacial score (nSPS) is 11.8. The Kier molecular flexibility index (Phi) is 6.12. The van der Waals surface area contributed by atoms with E-state index in [-0.39, 0.29) is 24.4 Å². The number of carbonyl (C=O) groups excluding carboxylic acids is 2. The van der Waals surface area contributed by atoms with E-state index < -0.39 is 0 Å². The van der Waals surface area contributed by atoms with Crippen molar-refractivity contribution in [2.75, 3.05) is 11.9 Å². The minimum absolute atomic E-state index is 0.0278. The maximum Gasteiger partial charge on any atom is 0.254 e. The molecule has 0 radical (unpaired) electrons. The van der Waals surface area contributed by atoms with Crippen LogP contribution in [0.15, 0.2) is 35.8 Å². The predicted octanol–water partition coefficient (Wildman–Crippen LogP) is 3.68. The molecule has 1 heterocycles. The van der Waals surface area contributed by atoms with Crippen LogP contribution in [-0.2, 0) is 4.79 Å². The Hall–Kier alpha value is -1.92. The number of nitrogens with zero attached hydrogens (tertiary/aromatic N) is 2. The van der Waals surface area contributed by atoms with Gasteiger partial charge in [0, 0.05) is 28.2 Å². The van der Waals surface area contributed by atoms with Crippen LogP contribution < -0.4 is 5.32 Å². The van der Waals surface area contributed by atoms with Gasteiger partial charge in [-0.25, -0.2) is 4.98 Å². The van der Waals surface area contributed by atoms with E-state index >= 15 is 0 Å². The molecule has 122 valence electrons. The summed E-state index contributed by atoms with van der Waals surface area (Å²) in [5.74, 6) is -0.480. The van der Waals surface area contributed by atoms with Gasteiger partial charge in [0.1, 0.15) is 6.54 Å². The number of carbonyl (C=O) groups is 2. The number of thiazole rings is 1. The second-order valence-corrected chi connectivity index (χ2v) is 6.42. The van der Waals surface area contributed by atoms with Gasteiger partial charge in [-0.05, 0) is 31.5 Å². The molecule has 1 aromatic carbocycles. The lowest BCUT2D eigenvalue weighted by molar-refractivity contribution is -0.117. The first-order chi connectivity index (χ1) is 11.0. The fourth-order valence-electron chi connectivity index (χ4n) is 2.03. The Balaban J connectivity index is 2.13. The third-order valence-corrected chi connectivity index (χ3v) is 4.37. The molecule has 2 rings (SSSR count). The molecule has 2 aromatic rings. The number of benzene rings is 1. The van der Waals surface area contributed by atoms with Gasteiger partial charge in [-0.3, -0.25) is 9.59 Å². The van der Waals surface area contributed by atoms with Crippen molar-refractivity contribution in [1.29, 1.82) is 0 Å². The molecule has 0 aliphatic rings. The molecule has 0 saturated carbocycles. The van der Waals surface area contributed by atoms with Crippen molar-refractivity contribution in [3.05, 3.63) is 46.4 Å². The molecular weight excluding hydrogens is 334 g/mol. The minimum atomic E-state index is -0.268. The van der Waals surface area contributed by atoms with Crippen molar-refractivity contribution in [2.24, 2.45) is 0 Å². The SMILES string of the molecule is CCC(C)N(CC(=O)Nc1nccs1)C(=O)c1cccc(Cl)c1. The van der Waals surface area contributed by atoms with Crippen LogP contribution in [0.5, 0.6) is 0 Å². The molecule has 1 atom stereocenters. The second kappa shape index (κ2) is 8.08. The number of aromatic nitrogens is 1. The summed E-state index contributed by atoms with van der Waals surface area (Å²) in [6.45, 7) is 3.86. The van der Waals surface area contributed by atoms with Crippen molar-refractivity contribution < 1.29 is 9.59 Å². The second-order valence-electron chi connectivity index (χ2n) is 5.09. The Labute approximate surface area is 144 Å². The van der Waals surface area contributed by atoms with Crippen LogP contribution in [0.3, 0.4) is 0 Å². The van der Waals surface area contributed by atoms with E-state index in [1.54, 1.807) is 40.7 Å². The number of amides is 2. The van der Waals surface area contributed by atoms with Crippen LogP contribution in [0.25, 0.3) is 0 Å². The Morgan fingerprint density at radius 2 is 2.22 bits per heavy atom. The number of anilines is 1. The van der Waals surface area contributed by atoms with Crippen molar-refractivity contribution in [3.63, 3.8) is 0 Å². The number of rotatable bonds is 6. The van der Waals surface area contributed by atoms with Gasteiger partial charge in [-0.1, -0.05) is 24.6 Å². The summed E-state index contributed by atoms with van der Waals surface area (Å²) in [5.41, 5.74) is 0.472. The highest BCUT2D eigenvalue weighted by Crippen LogP contribution is 2.16. The molecule has 0 fully saturated rings. The van der Waals surface area contributed by atoms with Crippen molar-refractivity contribution in [2.45, 2.75) is 26.3 Å². The summed E-state index contributed by atoms with van der Waals surface area (Å²) in [6, 6.07) is 6.67. The van der Waals surface area contributed by atoms with E-state index in [1.807, 2.05) is 13.8 Å². The molecule has 1 N–H and O–H groups in total. The van der Waals surface area contributed by atoms with E-state index in [0.717, 1.165) is 6.42 Å². The standard InChI is InChI=1S/C16H18ClN3O2S/c1-3-11(2)20(10-14(21)19-16-18-7-8-23-16)15(22)12-5-4-6-13(17)9-12/h4-9,11H,3,10H2,1-2H3,(H,18,19,21). The van der Waals surface area contributed by atoms with Crippen molar-refractivity contribution in [3.8, 4) is 0 Å². The first kappa shape index (κ1) is 17.4. The van der Waals surface area contributed by atoms with Crippen LogP contribution >= 0.6 is 22.9 Å². The van der Waals surface area contributed by atoms with Gasteiger partial charge in [-0.15, -0.1) is 11.3 Å². The van der Waals surface area contributed by atoms with Gasteiger partial charge >= 0.3 is 0 Å². The topological polar surface area (TPSA) is 62.3 Å². The van der Waals surface area contributed by atoms with E-state index in [2.05, 4.69) is 10.3 Å². The van der Waals surface area contributed by atoms with Crippen molar-refractivity contribution in [1.82, 2.24) is 9.88 Å². The first-order valence-electron chi connectivity index (χ1n) is 7.27. The molecule has 2 amide bonds. The monoisotopic (exact) mass is 351 g/mol. The maximum atomic E-state index is 12.7. The highest BCUT2D eigenvalue weighted by atomic mass is 35.5.